The Morgan fingerprint density at radius 3 is 2.10 bits per heavy atom. The summed E-state index contributed by atoms with van der Waals surface area (Å²) >= 11 is 0. The topological polar surface area (TPSA) is 43.9 Å². The highest BCUT2D eigenvalue weighted by Crippen LogP contribution is 2.41. The summed E-state index contributed by atoms with van der Waals surface area (Å²) in [6.45, 7) is 0. The SMILES string of the molecule is c1ccc(-c2ccc3c(n2)nc(-c2cccc4c2oc2c4ccc4ccc5ccccc5c42)n3-c2ccccc2)cc1. The molecule has 0 saturated heterocycles. The molecule has 0 radical (unpaired) electrons. The van der Waals surface area contributed by atoms with E-state index in [1.807, 2.05) is 24.3 Å². The van der Waals surface area contributed by atoms with Crippen molar-refractivity contribution in [3.8, 4) is 28.3 Å². The van der Waals surface area contributed by atoms with Crippen molar-refractivity contribution in [2.45, 2.75) is 0 Å². The molecule has 4 heteroatoms. The zero-order chi connectivity index (χ0) is 27.6. The number of pyridine rings is 1. The van der Waals surface area contributed by atoms with Crippen molar-refractivity contribution in [2.24, 2.45) is 0 Å². The van der Waals surface area contributed by atoms with Crippen LogP contribution in [-0.4, -0.2) is 14.5 Å². The maximum Gasteiger partial charge on any atom is 0.179 e. The van der Waals surface area contributed by atoms with Gasteiger partial charge in [0.25, 0.3) is 0 Å². The number of nitrogens with zero attached hydrogens (tertiary/aromatic N) is 3. The lowest BCUT2D eigenvalue weighted by atomic mass is 9.99. The summed E-state index contributed by atoms with van der Waals surface area (Å²) in [5.41, 5.74) is 7.28. The summed E-state index contributed by atoms with van der Waals surface area (Å²) in [5.74, 6) is 0.799. The molecule has 0 amide bonds. The first-order valence-electron chi connectivity index (χ1n) is 14.1. The van der Waals surface area contributed by atoms with Crippen LogP contribution >= 0.6 is 0 Å². The second-order valence-electron chi connectivity index (χ2n) is 10.6. The molecule has 0 N–H and O–H groups in total. The normalized spacial score (nSPS) is 11.8. The number of hydrogen-bond acceptors (Lipinski definition) is 3. The largest absolute Gasteiger partial charge is 0.455 e. The number of imidazole rings is 1. The standard InChI is InChI=1S/C38H23N3O/c1-3-11-25(12-4-1)32-22-23-33-37(39-32)40-38(41(33)27-13-5-2-6-14-27)31-17-9-16-29-30-21-20-26-19-18-24-10-7-8-15-28(24)34(26)36(30)42-35(29)31/h1-23H. The predicted molar refractivity (Wildman–Crippen MR) is 172 cm³/mol. The Bertz CT molecular complexity index is 2460. The van der Waals surface area contributed by atoms with Crippen LogP contribution in [-0.2, 0) is 0 Å². The molecular formula is C38H23N3O. The van der Waals surface area contributed by atoms with Gasteiger partial charge >= 0.3 is 0 Å². The Labute approximate surface area is 241 Å². The Morgan fingerprint density at radius 2 is 1.21 bits per heavy atom. The van der Waals surface area contributed by atoms with E-state index in [4.69, 9.17) is 14.4 Å². The highest BCUT2D eigenvalue weighted by molar-refractivity contribution is 6.23. The summed E-state index contributed by atoms with van der Waals surface area (Å²) in [6, 6.07) is 48.3. The average Bonchev–Trinajstić information content (AvgIpc) is 3.64. The Morgan fingerprint density at radius 1 is 0.500 bits per heavy atom. The van der Waals surface area contributed by atoms with Crippen LogP contribution in [0.15, 0.2) is 144 Å². The van der Waals surface area contributed by atoms with Gasteiger partial charge in [0, 0.05) is 27.4 Å². The van der Waals surface area contributed by atoms with Crippen LogP contribution in [0.1, 0.15) is 0 Å². The molecule has 0 saturated carbocycles. The molecule has 9 rings (SSSR count). The third-order valence-electron chi connectivity index (χ3n) is 8.22. The Hall–Kier alpha value is -5.74. The van der Waals surface area contributed by atoms with Crippen molar-refractivity contribution < 1.29 is 4.42 Å². The van der Waals surface area contributed by atoms with Gasteiger partial charge in [-0.1, -0.05) is 103 Å². The van der Waals surface area contributed by atoms with Crippen molar-refractivity contribution in [1.29, 1.82) is 0 Å². The third kappa shape index (κ3) is 3.36. The van der Waals surface area contributed by atoms with Crippen molar-refractivity contribution in [2.75, 3.05) is 0 Å². The molecule has 0 aliphatic carbocycles. The van der Waals surface area contributed by atoms with E-state index in [0.29, 0.717) is 5.65 Å². The van der Waals surface area contributed by atoms with E-state index >= 15 is 0 Å². The van der Waals surface area contributed by atoms with Gasteiger partial charge in [-0.3, -0.25) is 4.57 Å². The first-order chi connectivity index (χ1) is 20.8. The maximum atomic E-state index is 6.87. The summed E-state index contributed by atoms with van der Waals surface area (Å²) in [4.78, 5) is 10.2. The summed E-state index contributed by atoms with van der Waals surface area (Å²) < 4.78 is 9.05. The van der Waals surface area contributed by atoms with Crippen molar-refractivity contribution >= 4 is 54.6 Å². The molecule has 0 spiro atoms. The van der Waals surface area contributed by atoms with Gasteiger partial charge in [-0.25, -0.2) is 9.97 Å². The summed E-state index contributed by atoms with van der Waals surface area (Å²) in [6.07, 6.45) is 0. The Balaban J connectivity index is 1.36. The molecular weight excluding hydrogens is 514 g/mol. The van der Waals surface area contributed by atoms with Crippen LogP contribution in [0.4, 0.5) is 0 Å². The molecule has 196 valence electrons. The smallest absolute Gasteiger partial charge is 0.179 e. The molecule has 6 aromatic carbocycles. The van der Waals surface area contributed by atoms with Gasteiger partial charge in [0.1, 0.15) is 11.2 Å². The number of aromatic nitrogens is 3. The zero-order valence-electron chi connectivity index (χ0n) is 22.5. The van der Waals surface area contributed by atoms with Gasteiger partial charge in [-0.05, 0) is 52.6 Å². The first-order valence-corrected chi connectivity index (χ1v) is 14.1. The van der Waals surface area contributed by atoms with Crippen molar-refractivity contribution in [3.05, 3.63) is 140 Å². The van der Waals surface area contributed by atoms with Crippen LogP contribution in [0, 0.1) is 0 Å². The van der Waals surface area contributed by atoms with Crippen molar-refractivity contribution in [3.63, 3.8) is 0 Å². The number of furan rings is 1. The molecule has 0 aliphatic heterocycles. The molecule has 4 nitrogen and oxygen atoms in total. The fourth-order valence-corrected chi connectivity index (χ4v) is 6.27. The first kappa shape index (κ1) is 23.0. The highest BCUT2D eigenvalue weighted by Gasteiger charge is 2.21. The molecule has 3 aromatic heterocycles. The van der Waals surface area contributed by atoms with Crippen LogP contribution in [0.3, 0.4) is 0 Å². The number of fused-ring (bicyclic) bond motifs is 8. The summed E-state index contributed by atoms with van der Waals surface area (Å²) in [5, 5.41) is 6.86. The van der Waals surface area contributed by atoms with Gasteiger partial charge in [0.05, 0.1) is 16.8 Å². The minimum absolute atomic E-state index is 0.694. The third-order valence-corrected chi connectivity index (χ3v) is 8.22. The van der Waals surface area contributed by atoms with Crippen LogP contribution in [0.5, 0.6) is 0 Å². The van der Waals surface area contributed by atoms with Gasteiger partial charge in [0.2, 0.25) is 0 Å². The average molecular weight is 538 g/mol. The quantitative estimate of drug-likeness (QED) is 0.211. The lowest BCUT2D eigenvalue weighted by Gasteiger charge is -2.10. The molecule has 0 fully saturated rings. The minimum Gasteiger partial charge on any atom is -0.455 e. The minimum atomic E-state index is 0.694. The number of hydrogen-bond donors (Lipinski definition) is 0. The lowest BCUT2D eigenvalue weighted by molar-refractivity contribution is 0.673. The molecule has 0 unspecified atom stereocenters. The van der Waals surface area contributed by atoms with Crippen LogP contribution < -0.4 is 0 Å². The second-order valence-corrected chi connectivity index (χ2v) is 10.6. The maximum absolute atomic E-state index is 6.87. The van der Waals surface area contributed by atoms with Crippen LogP contribution in [0.2, 0.25) is 0 Å². The summed E-state index contributed by atoms with van der Waals surface area (Å²) in [7, 11) is 0. The zero-order valence-corrected chi connectivity index (χ0v) is 22.5. The van der Waals surface area contributed by atoms with Gasteiger partial charge in [-0.15, -0.1) is 0 Å². The van der Waals surface area contributed by atoms with Crippen LogP contribution in [0.25, 0.3) is 83.0 Å². The highest BCUT2D eigenvalue weighted by atomic mass is 16.3. The molecule has 9 aromatic rings. The van der Waals surface area contributed by atoms with E-state index in [1.165, 1.54) is 10.8 Å². The molecule has 42 heavy (non-hydrogen) atoms. The van der Waals surface area contributed by atoms with E-state index in [9.17, 15) is 0 Å². The number of para-hydroxylation sites is 2. The van der Waals surface area contributed by atoms with Crippen molar-refractivity contribution in [1.82, 2.24) is 14.5 Å². The van der Waals surface area contributed by atoms with E-state index in [0.717, 1.165) is 66.6 Å². The molecule has 0 atom stereocenters. The monoisotopic (exact) mass is 537 g/mol. The van der Waals surface area contributed by atoms with Gasteiger partial charge < -0.3 is 4.42 Å². The van der Waals surface area contributed by atoms with E-state index < -0.39 is 0 Å². The lowest BCUT2D eigenvalue weighted by Crippen LogP contribution is -1.97. The number of rotatable bonds is 3. The van der Waals surface area contributed by atoms with Gasteiger partial charge in [-0.2, -0.15) is 0 Å². The molecule has 3 heterocycles. The predicted octanol–water partition coefficient (Wildman–Crippen LogP) is 9.96. The molecule has 0 aliphatic rings. The fraction of sp³-hybridized carbons (Fsp3) is 0. The fourth-order valence-electron chi connectivity index (χ4n) is 6.27. The molecule has 0 bridgehead atoms. The Kier molecular flexibility index (Phi) is 4.87. The second kappa shape index (κ2) is 8.88. The van der Waals surface area contributed by atoms with Gasteiger partial charge in [0.15, 0.2) is 11.5 Å². The van der Waals surface area contributed by atoms with E-state index in [-0.39, 0.29) is 0 Å². The van der Waals surface area contributed by atoms with E-state index in [1.54, 1.807) is 0 Å². The van der Waals surface area contributed by atoms with E-state index in [2.05, 4.69) is 120 Å². The number of benzene rings is 6.